The van der Waals surface area contributed by atoms with Crippen LogP contribution in [0.15, 0.2) is 0 Å². The van der Waals surface area contributed by atoms with Crippen molar-refractivity contribution in [1.29, 1.82) is 0 Å². The van der Waals surface area contributed by atoms with Crippen LogP contribution in [0, 0.1) is 23.7 Å². The van der Waals surface area contributed by atoms with Gasteiger partial charge in [-0.05, 0) is 5.92 Å². The number of aliphatic hydroxyl groups excluding tert-OH is 1. The summed E-state index contributed by atoms with van der Waals surface area (Å²) in [5.74, 6) is 2.41. The first-order chi connectivity index (χ1) is 8.31. The quantitative estimate of drug-likeness (QED) is 0.506. The molecule has 0 aromatic rings. The van der Waals surface area contributed by atoms with Crippen LogP contribution in [0.5, 0.6) is 0 Å². The predicted molar refractivity (Wildman–Crippen MR) is 71.9 cm³/mol. The molecule has 0 aliphatic carbocycles. The Balaban J connectivity index is 3.94. The summed E-state index contributed by atoms with van der Waals surface area (Å²) in [5, 5.41) is 12.8. The van der Waals surface area contributed by atoms with E-state index in [1.165, 1.54) is 0 Å². The minimum Gasteiger partial charge on any atom is -0.392 e. The molecule has 4 nitrogen and oxygen atoms in total. The van der Waals surface area contributed by atoms with Crippen LogP contribution in [0.3, 0.4) is 0 Å². The number of aliphatic hydroxyl groups is 1. The molecule has 0 saturated carbocycles. The highest BCUT2D eigenvalue weighted by atomic mass is 16.5. The first-order valence-electron chi connectivity index (χ1n) is 6.27. The van der Waals surface area contributed by atoms with Crippen molar-refractivity contribution in [1.82, 2.24) is 5.32 Å². The molecule has 0 aliphatic heterocycles. The molecular formula is C14H25NO3. The first-order valence-corrected chi connectivity index (χ1v) is 6.27. The fourth-order valence-corrected chi connectivity index (χ4v) is 1.72. The fraction of sp³-hybridized carbons (Fsp3) is 0.786. The normalized spacial score (nSPS) is 13.2. The number of carbonyl (C=O) groups is 1. The lowest BCUT2D eigenvalue weighted by molar-refractivity contribution is -0.123. The zero-order chi connectivity index (χ0) is 14.2. The minimum atomic E-state index is -0.449. The van der Waals surface area contributed by atoms with Crippen LogP contribution in [0.25, 0.3) is 0 Å². The van der Waals surface area contributed by atoms with Crippen molar-refractivity contribution < 1.29 is 14.6 Å². The van der Waals surface area contributed by atoms with Crippen molar-refractivity contribution in [2.45, 2.75) is 40.2 Å². The third-order valence-electron chi connectivity index (χ3n) is 2.83. The maximum atomic E-state index is 11.5. The number of amides is 1. The SMILES string of the molecule is C#CCOCCC(=O)NCC(C)(C)C(O)C(C)C. The summed E-state index contributed by atoms with van der Waals surface area (Å²) in [7, 11) is 0. The fourth-order valence-electron chi connectivity index (χ4n) is 1.72. The smallest absolute Gasteiger partial charge is 0.222 e. The molecule has 1 unspecified atom stereocenters. The Hall–Kier alpha value is -1.05. The van der Waals surface area contributed by atoms with Gasteiger partial charge in [0.25, 0.3) is 0 Å². The lowest BCUT2D eigenvalue weighted by Gasteiger charge is -2.33. The standard InChI is InChI=1S/C14H25NO3/c1-6-8-18-9-7-12(16)15-10-14(4,5)13(17)11(2)3/h1,11,13,17H,7-10H2,2-5H3,(H,15,16). The lowest BCUT2D eigenvalue weighted by atomic mass is 9.80. The van der Waals surface area contributed by atoms with Gasteiger partial charge in [-0.15, -0.1) is 6.42 Å². The molecule has 0 heterocycles. The van der Waals surface area contributed by atoms with Crippen molar-refractivity contribution in [2.75, 3.05) is 19.8 Å². The monoisotopic (exact) mass is 255 g/mol. The van der Waals surface area contributed by atoms with Crippen LogP contribution in [0.2, 0.25) is 0 Å². The van der Waals surface area contributed by atoms with Crippen LogP contribution in [0.4, 0.5) is 0 Å². The summed E-state index contributed by atoms with van der Waals surface area (Å²) in [6.07, 6.45) is 4.86. The maximum Gasteiger partial charge on any atom is 0.222 e. The molecule has 18 heavy (non-hydrogen) atoms. The molecule has 0 fully saturated rings. The summed E-state index contributed by atoms with van der Waals surface area (Å²) >= 11 is 0. The Morgan fingerprint density at radius 1 is 1.50 bits per heavy atom. The van der Waals surface area contributed by atoms with E-state index < -0.39 is 6.10 Å². The van der Waals surface area contributed by atoms with Crippen molar-refractivity contribution in [2.24, 2.45) is 11.3 Å². The van der Waals surface area contributed by atoms with Crippen LogP contribution < -0.4 is 5.32 Å². The van der Waals surface area contributed by atoms with Gasteiger partial charge in [0.15, 0.2) is 0 Å². The second kappa shape index (κ2) is 8.12. The van der Waals surface area contributed by atoms with E-state index in [1.54, 1.807) is 0 Å². The van der Waals surface area contributed by atoms with Gasteiger partial charge in [-0.25, -0.2) is 0 Å². The number of ether oxygens (including phenoxy) is 1. The van der Waals surface area contributed by atoms with Crippen molar-refractivity contribution in [3.63, 3.8) is 0 Å². The summed E-state index contributed by atoms with van der Waals surface area (Å²) in [6, 6.07) is 0. The molecule has 0 aliphatic rings. The molecule has 0 aromatic heterocycles. The second-order valence-corrected chi connectivity index (χ2v) is 5.46. The number of terminal acetylenes is 1. The average molecular weight is 255 g/mol. The van der Waals surface area contributed by atoms with Gasteiger partial charge in [-0.3, -0.25) is 4.79 Å². The minimum absolute atomic E-state index is 0.0870. The Morgan fingerprint density at radius 3 is 2.61 bits per heavy atom. The van der Waals surface area contributed by atoms with E-state index in [9.17, 15) is 9.90 Å². The number of rotatable bonds is 8. The van der Waals surface area contributed by atoms with E-state index in [0.29, 0.717) is 13.2 Å². The highest BCUT2D eigenvalue weighted by Gasteiger charge is 2.30. The summed E-state index contributed by atoms with van der Waals surface area (Å²) in [6.45, 7) is 8.79. The van der Waals surface area contributed by atoms with Crippen LogP contribution in [0.1, 0.15) is 34.1 Å². The van der Waals surface area contributed by atoms with Gasteiger partial charge < -0.3 is 15.2 Å². The molecule has 4 heteroatoms. The summed E-state index contributed by atoms with van der Waals surface area (Å²) in [5.41, 5.74) is -0.344. The summed E-state index contributed by atoms with van der Waals surface area (Å²) in [4.78, 5) is 11.5. The van der Waals surface area contributed by atoms with Gasteiger partial charge in [-0.1, -0.05) is 33.6 Å². The third-order valence-corrected chi connectivity index (χ3v) is 2.83. The maximum absolute atomic E-state index is 11.5. The largest absolute Gasteiger partial charge is 0.392 e. The molecule has 1 amide bonds. The van der Waals surface area contributed by atoms with E-state index in [2.05, 4.69) is 11.2 Å². The van der Waals surface area contributed by atoms with E-state index in [-0.39, 0.29) is 30.3 Å². The molecule has 0 rings (SSSR count). The Bertz CT molecular complexity index is 292. The van der Waals surface area contributed by atoms with Gasteiger partial charge in [-0.2, -0.15) is 0 Å². The number of hydrogen-bond acceptors (Lipinski definition) is 3. The van der Waals surface area contributed by atoms with Gasteiger partial charge in [0.1, 0.15) is 6.61 Å². The summed E-state index contributed by atoms with van der Waals surface area (Å²) < 4.78 is 5.02. The predicted octanol–water partition coefficient (Wildman–Crippen LogP) is 1.19. The molecule has 2 N–H and O–H groups in total. The molecule has 0 spiro atoms. The molecule has 104 valence electrons. The highest BCUT2D eigenvalue weighted by molar-refractivity contribution is 5.75. The van der Waals surface area contributed by atoms with Gasteiger partial charge in [0, 0.05) is 12.0 Å². The average Bonchev–Trinajstić information content (AvgIpc) is 2.31. The van der Waals surface area contributed by atoms with Crippen molar-refractivity contribution in [3.8, 4) is 12.3 Å². The molecule has 0 bridgehead atoms. The van der Waals surface area contributed by atoms with Gasteiger partial charge >= 0.3 is 0 Å². The highest BCUT2D eigenvalue weighted by Crippen LogP contribution is 2.24. The topological polar surface area (TPSA) is 58.6 Å². The first kappa shape index (κ1) is 16.9. The third kappa shape index (κ3) is 6.63. The molecule has 0 aromatic carbocycles. The zero-order valence-corrected chi connectivity index (χ0v) is 11.8. The van der Waals surface area contributed by atoms with E-state index >= 15 is 0 Å². The number of hydrogen-bond donors (Lipinski definition) is 2. The van der Waals surface area contributed by atoms with E-state index in [0.717, 1.165) is 0 Å². The Morgan fingerprint density at radius 2 is 2.11 bits per heavy atom. The zero-order valence-electron chi connectivity index (χ0n) is 11.8. The number of carbonyl (C=O) groups excluding carboxylic acids is 1. The molecule has 1 atom stereocenters. The Labute approximate surface area is 110 Å². The lowest BCUT2D eigenvalue weighted by Crippen LogP contribution is -2.43. The molecule has 0 radical (unpaired) electrons. The number of nitrogens with one attached hydrogen (secondary N) is 1. The van der Waals surface area contributed by atoms with Crippen molar-refractivity contribution in [3.05, 3.63) is 0 Å². The van der Waals surface area contributed by atoms with Crippen molar-refractivity contribution >= 4 is 5.91 Å². The van der Waals surface area contributed by atoms with Crippen LogP contribution >= 0.6 is 0 Å². The second-order valence-electron chi connectivity index (χ2n) is 5.46. The van der Waals surface area contributed by atoms with Crippen LogP contribution in [-0.2, 0) is 9.53 Å². The van der Waals surface area contributed by atoms with Crippen LogP contribution in [-0.4, -0.2) is 36.9 Å². The van der Waals surface area contributed by atoms with E-state index in [1.807, 2.05) is 27.7 Å². The van der Waals surface area contributed by atoms with Gasteiger partial charge in [0.2, 0.25) is 5.91 Å². The Kier molecular flexibility index (Phi) is 7.65. The van der Waals surface area contributed by atoms with Gasteiger partial charge in [0.05, 0.1) is 19.1 Å². The van der Waals surface area contributed by atoms with E-state index in [4.69, 9.17) is 11.2 Å². The molecular weight excluding hydrogens is 230 g/mol. The molecule has 0 saturated heterocycles.